The molecule has 23 heavy (non-hydrogen) atoms. The second-order valence-corrected chi connectivity index (χ2v) is 7.42. The van der Waals surface area contributed by atoms with E-state index in [0.29, 0.717) is 12.4 Å². The fourth-order valence-corrected chi connectivity index (χ4v) is 3.75. The predicted octanol–water partition coefficient (Wildman–Crippen LogP) is 1.96. The molecule has 1 saturated carbocycles. The Bertz CT molecular complexity index is 661. The van der Waals surface area contributed by atoms with Gasteiger partial charge in [-0.1, -0.05) is 0 Å². The molecule has 0 saturated heterocycles. The molecule has 1 aromatic rings. The van der Waals surface area contributed by atoms with Gasteiger partial charge in [-0.25, -0.2) is 17.5 Å². The minimum absolute atomic E-state index is 0.0114. The van der Waals surface area contributed by atoms with Crippen molar-refractivity contribution < 1.29 is 27.4 Å². The zero-order chi connectivity index (χ0) is 17.1. The first-order valence-corrected chi connectivity index (χ1v) is 8.88. The Morgan fingerprint density at radius 1 is 1.43 bits per heavy atom. The van der Waals surface area contributed by atoms with Crippen LogP contribution in [0.3, 0.4) is 0 Å². The maximum atomic E-state index is 14.5. The van der Waals surface area contributed by atoms with Gasteiger partial charge in [0.2, 0.25) is 10.0 Å². The quantitative estimate of drug-likeness (QED) is 0.788. The van der Waals surface area contributed by atoms with E-state index < -0.39 is 34.1 Å². The molecule has 0 radical (unpaired) electrons. The van der Waals surface area contributed by atoms with Gasteiger partial charge in [0, 0.05) is 6.54 Å². The smallest absolute Gasteiger partial charge is 0.306 e. The molecule has 2 atom stereocenters. The molecule has 1 fully saturated rings. The lowest BCUT2D eigenvalue weighted by Gasteiger charge is -2.20. The molecule has 0 aliphatic heterocycles. The van der Waals surface area contributed by atoms with Crippen LogP contribution in [0.15, 0.2) is 29.2 Å². The van der Waals surface area contributed by atoms with Crippen LogP contribution in [0.2, 0.25) is 0 Å². The number of nitrogens with one attached hydrogen (secondary N) is 1. The molecule has 0 amide bonds. The Morgan fingerprint density at radius 3 is 2.61 bits per heavy atom. The summed E-state index contributed by atoms with van der Waals surface area (Å²) in [5, 5.41) is 8.90. The van der Waals surface area contributed by atoms with E-state index in [2.05, 4.69) is 4.72 Å². The first-order chi connectivity index (χ1) is 10.8. The van der Waals surface area contributed by atoms with E-state index in [1.807, 2.05) is 6.92 Å². The molecule has 1 aliphatic rings. The summed E-state index contributed by atoms with van der Waals surface area (Å²) in [6.45, 7) is 1.87. The average molecular weight is 345 g/mol. The van der Waals surface area contributed by atoms with Crippen LogP contribution in [-0.2, 0) is 14.8 Å². The van der Waals surface area contributed by atoms with Crippen LogP contribution >= 0.6 is 0 Å². The summed E-state index contributed by atoms with van der Waals surface area (Å²) in [4.78, 5) is 10.9. The van der Waals surface area contributed by atoms with Gasteiger partial charge in [-0.3, -0.25) is 4.79 Å². The maximum absolute atomic E-state index is 14.5. The predicted molar refractivity (Wildman–Crippen MR) is 81.6 cm³/mol. The molecular formula is C15H20FNO5S. The first-order valence-electron chi connectivity index (χ1n) is 7.40. The molecule has 1 aliphatic carbocycles. The number of benzene rings is 1. The molecule has 2 N–H and O–H groups in total. The highest BCUT2D eigenvalue weighted by molar-refractivity contribution is 7.89. The van der Waals surface area contributed by atoms with Gasteiger partial charge in [0.25, 0.3) is 0 Å². The number of halogens is 1. The molecule has 6 nitrogen and oxygen atoms in total. The Kier molecular flexibility index (Phi) is 5.26. The highest BCUT2D eigenvalue weighted by Gasteiger charge is 2.43. The summed E-state index contributed by atoms with van der Waals surface area (Å²) in [5.41, 5.74) is -1.82. The molecule has 128 valence electrons. The second kappa shape index (κ2) is 6.84. The summed E-state index contributed by atoms with van der Waals surface area (Å²) in [6, 6.07) is 5.82. The van der Waals surface area contributed by atoms with E-state index in [1.54, 1.807) is 0 Å². The summed E-state index contributed by atoms with van der Waals surface area (Å²) in [5.74, 6) is -1.25. The normalized spacial score (nSPS) is 24.5. The maximum Gasteiger partial charge on any atom is 0.306 e. The van der Waals surface area contributed by atoms with E-state index in [1.165, 1.54) is 24.3 Å². The largest absolute Gasteiger partial charge is 0.494 e. The molecule has 0 spiro atoms. The lowest BCUT2D eigenvalue weighted by molar-refractivity contribution is -0.141. The fraction of sp³-hybridized carbons (Fsp3) is 0.533. The second-order valence-electron chi connectivity index (χ2n) is 5.66. The van der Waals surface area contributed by atoms with Gasteiger partial charge in [0.1, 0.15) is 11.4 Å². The van der Waals surface area contributed by atoms with E-state index >= 15 is 0 Å². The van der Waals surface area contributed by atoms with Gasteiger partial charge in [0.15, 0.2) is 0 Å². The van der Waals surface area contributed by atoms with Gasteiger partial charge in [-0.05, 0) is 50.5 Å². The number of hydrogen-bond donors (Lipinski definition) is 2. The van der Waals surface area contributed by atoms with E-state index in [9.17, 15) is 17.6 Å². The number of rotatable bonds is 7. The number of ether oxygens (including phenoxy) is 1. The summed E-state index contributed by atoms with van der Waals surface area (Å²) >= 11 is 0. The van der Waals surface area contributed by atoms with Crippen molar-refractivity contribution in [2.45, 2.75) is 36.8 Å². The third kappa shape index (κ3) is 4.42. The SMILES string of the molecule is CCOc1ccc(S(=O)(=O)NC[C@@]2(F)CC[C@H](C(=O)O)C2)cc1. The number of carboxylic acids is 1. The third-order valence-electron chi connectivity index (χ3n) is 3.93. The molecule has 8 heteroatoms. The summed E-state index contributed by atoms with van der Waals surface area (Å²) < 4.78 is 46.4. The Hall–Kier alpha value is -1.67. The van der Waals surface area contributed by atoms with Crippen molar-refractivity contribution in [3.8, 4) is 5.75 Å². The standard InChI is InChI=1S/C15H20FNO5S/c1-2-22-12-3-5-13(6-4-12)23(20,21)17-10-15(16)8-7-11(9-15)14(18)19/h3-6,11,17H,2,7-10H2,1H3,(H,18,19)/t11-,15+/m0/s1. The van der Waals surface area contributed by atoms with E-state index in [4.69, 9.17) is 9.84 Å². The highest BCUT2D eigenvalue weighted by atomic mass is 32.2. The van der Waals surface area contributed by atoms with Gasteiger partial charge in [0.05, 0.1) is 17.4 Å². The summed E-state index contributed by atoms with van der Waals surface area (Å²) in [7, 11) is -3.85. The molecule has 0 heterocycles. The molecule has 1 aromatic carbocycles. The fourth-order valence-electron chi connectivity index (χ4n) is 2.64. The van der Waals surface area contributed by atoms with Crippen molar-refractivity contribution in [1.82, 2.24) is 4.72 Å². The van der Waals surface area contributed by atoms with Crippen LogP contribution in [0, 0.1) is 5.92 Å². The zero-order valence-electron chi connectivity index (χ0n) is 12.8. The minimum atomic E-state index is -3.85. The number of sulfonamides is 1. The molecule has 0 bridgehead atoms. The molecule has 0 unspecified atom stereocenters. The molecule has 0 aromatic heterocycles. The van der Waals surface area contributed by atoms with Crippen molar-refractivity contribution >= 4 is 16.0 Å². The number of alkyl halides is 1. The van der Waals surface area contributed by atoms with E-state index in [0.717, 1.165) is 0 Å². The number of hydrogen-bond acceptors (Lipinski definition) is 4. The number of carboxylic acid groups (broad SMARTS) is 1. The van der Waals surface area contributed by atoms with Crippen molar-refractivity contribution in [2.75, 3.05) is 13.2 Å². The Labute approximate surface area is 134 Å². The van der Waals surface area contributed by atoms with Gasteiger partial charge in [-0.2, -0.15) is 0 Å². The number of aliphatic carboxylic acids is 1. The molecule has 2 rings (SSSR count). The van der Waals surface area contributed by atoms with Crippen molar-refractivity contribution in [3.05, 3.63) is 24.3 Å². The van der Waals surface area contributed by atoms with Crippen LogP contribution in [0.25, 0.3) is 0 Å². The molecular weight excluding hydrogens is 325 g/mol. The summed E-state index contributed by atoms with van der Waals surface area (Å²) in [6.07, 6.45) is 0.0838. The monoisotopic (exact) mass is 345 g/mol. The van der Waals surface area contributed by atoms with Gasteiger partial charge < -0.3 is 9.84 Å². The van der Waals surface area contributed by atoms with Gasteiger partial charge in [-0.15, -0.1) is 0 Å². The zero-order valence-corrected chi connectivity index (χ0v) is 13.6. The van der Waals surface area contributed by atoms with E-state index in [-0.39, 0.29) is 24.2 Å². The topological polar surface area (TPSA) is 92.7 Å². The average Bonchev–Trinajstić information content (AvgIpc) is 2.90. The lowest BCUT2D eigenvalue weighted by atomic mass is 10.0. The van der Waals surface area contributed by atoms with Crippen molar-refractivity contribution in [2.24, 2.45) is 5.92 Å². The highest BCUT2D eigenvalue weighted by Crippen LogP contribution is 2.37. The Balaban J connectivity index is 2.00. The number of carbonyl (C=O) groups is 1. The van der Waals surface area contributed by atoms with Crippen LogP contribution in [0.4, 0.5) is 4.39 Å². The minimum Gasteiger partial charge on any atom is -0.494 e. The third-order valence-corrected chi connectivity index (χ3v) is 5.34. The van der Waals surface area contributed by atoms with Gasteiger partial charge >= 0.3 is 5.97 Å². The van der Waals surface area contributed by atoms with Crippen LogP contribution in [0.1, 0.15) is 26.2 Å². The Morgan fingerprint density at radius 2 is 2.09 bits per heavy atom. The van der Waals surface area contributed by atoms with Crippen LogP contribution in [0.5, 0.6) is 5.75 Å². The van der Waals surface area contributed by atoms with Crippen molar-refractivity contribution in [1.29, 1.82) is 0 Å². The van der Waals surface area contributed by atoms with Crippen LogP contribution in [-0.4, -0.2) is 38.3 Å². The van der Waals surface area contributed by atoms with Crippen LogP contribution < -0.4 is 9.46 Å². The lowest BCUT2D eigenvalue weighted by Crippen LogP contribution is -2.38. The first kappa shape index (κ1) is 17.7. The van der Waals surface area contributed by atoms with Crippen molar-refractivity contribution in [3.63, 3.8) is 0 Å².